The molecule has 15 heteroatoms. The van der Waals surface area contributed by atoms with Gasteiger partial charge in [-0.05, 0) is 78.3 Å². The molecule has 2 N–H and O–H groups in total. The summed E-state index contributed by atoms with van der Waals surface area (Å²) in [6.07, 6.45) is -3.98. The van der Waals surface area contributed by atoms with Gasteiger partial charge in [-0.2, -0.15) is 13.2 Å². The Morgan fingerprint density at radius 2 is 1.70 bits per heavy atom. The first-order valence-corrected chi connectivity index (χ1v) is 17.4. The van der Waals surface area contributed by atoms with E-state index in [9.17, 15) is 36.7 Å². The summed E-state index contributed by atoms with van der Waals surface area (Å²) in [7, 11) is 1.42. The number of thiazole rings is 1. The van der Waals surface area contributed by atoms with Crippen LogP contribution in [-0.4, -0.2) is 41.7 Å². The van der Waals surface area contributed by atoms with Crippen LogP contribution in [0.2, 0.25) is 0 Å². The van der Waals surface area contributed by atoms with Gasteiger partial charge in [-0.3, -0.25) is 24.1 Å². The van der Waals surface area contributed by atoms with E-state index in [1.807, 2.05) is 0 Å². The molecule has 7 atom stereocenters. The molecule has 2 saturated carbocycles. The molecule has 9 nitrogen and oxygen atoms in total. The first-order valence-electron chi connectivity index (χ1n) is 15.7. The molecule has 4 aromatic rings. The average Bonchev–Trinajstić information content (AvgIpc) is 3.82. The van der Waals surface area contributed by atoms with E-state index < -0.39 is 47.6 Å². The van der Waals surface area contributed by atoms with Gasteiger partial charge in [0.05, 0.1) is 40.9 Å². The van der Waals surface area contributed by atoms with E-state index in [1.54, 1.807) is 30.0 Å². The lowest BCUT2D eigenvalue weighted by molar-refractivity contribution is -0.137. The zero-order chi connectivity index (χ0) is 35.1. The second-order valence-electron chi connectivity index (χ2n) is 12.7. The molecule has 2 aliphatic carbocycles. The highest BCUT2D eigenvalue weighted by Gasteiger charge is 2.69. The van der Waals surface area contributed by atoms with Crippen LogP contribution in [0.4, 0.5) is 28.9 Å². The highest BCUT2D eigenvalue weighted by molar-refractivity contribution is 8.00. The Kier molecular flexibility index (Phi) is 7.82. The number of hydrogen-bond donors (Lipinski definition) is 2. The van der Waals surface area contributed by atoms with E-state index in [-0.39, 0.29) is 57.1 Å². The second kappa shape index (κ2) is 12.0. The summed E-state index contributed by atoms with van der Waals surface area (Å²) in [5.74, 6) is -3.20. The zero-order valence-electron chi connectivity index (χ0n) is 26.0. The van der Waals surface area contributed by atoms with Gasteiger partial charge in [0.15, 0.2) is 18.1 Å². The lowest BCUT2D eigenvalue weighted by atomic mass is 9.68. The number of H-pyrrole nitrogens is 1. The number of ether oxygens (including phenoxy) is 2. The lowest BCUT2D eigenvalue weighted by Gasteiger charge is -2.43. The Balaban J connectivity index is 1.07. The number of imide groups is 1. The number of rotatable bonds is 7. The van der Waals surface area contributed by atoms with Crippen LogP contribution in [0.3, 0.4) is 0 Å². The van der Waals surface area contributed by atoms with Gasteiger partial charge < -0.3 is 19.8 Å². The molecular formula is C35H27F4N3O6S2. The minimum absolute atomic E-state index is 0.0703. The van der Waals surface area contributed by atoms with Gasteiger partial charge in [0.1, 0.15) is 5.82 Å². The van der Waals surface area contributed by atoms with Crippen LogP contribution in [0.15, 0.2) is 76.6 Å². The largest absolute Gasteiger partial charge is 0.493 e. The molecule has 0 spiro atoms. The molecule has 3 amide bonds. The Morgan fingerprint density at radius 1 is 0.980 bits per heavy atom. The number of carbonyl (C=O) groups is 3. The monoisotopic (exact) mass is 725 g/mol. The van der Waals surface area contributed by atoms with Gasteiger partial charge in [-0.25, -0.2) is 4.39 Å². The van der Waals surface area contributed by atoms with Gasteiger partial charge >= 0.3 is 11.0 Å². The van der Waals surface area contributed by atoms with Crippen LogP contribution < -0.4 is 24.6 Å². The van der Waals surface area contributed by atoms with Gasteiger partial charge in [0.2, 0.25) is 11.8 Å². The molecule has 8 rings (SSSR count). The molecule has 1 aromatic heterocycles. The number of halogens is 4. The van der Waals surface area contributed by atoms with E-state index in [0.29, 0.717) is 12.1 Å². The van der Waals surface area contributed by atoms with Crippen molar-refractivity contribution < 1.29 is 41.4 Å². The first kappa shape index (κ1) is 32.6. The molecule has 3 fully saturated rings. The number of thioether (sulfide) groups is 1. The number of nitrogens with zero attached hydrogens (tertiary/aromatic N) is 1. The summed E-state index contributed by atoms with van der Waals surface area (Å²) in [6, 6.07) is 15.1. The molecule has 2 aliphatic heterocycles. The molecule has 3 aromatic carbocycles. The molecule has 4 unspecified atom stereocenters. The molecule has 2 bridgehead atoms. The third-order valence-corrected chi connectivity index (χ3v) is 12.8. The standard InChI is InChI=1S/C35H27F4N3O6S2/c1-47-23-12-15(6-11-22(23)48-14-24(43)40-21-5-3-2-4-20(21)35(37,38)39)25-26-18-13-19(29(26)49-31-30(25)50-34(46)41-31)28-27(18)32(44)42(33(28)45)17-9-7-16(36)8-10-17/h2-12,18-19,25-29H,13-14H2,1H3,(H,40,43)(H,41,46)/t18-,19-,25-,26?,27?,28?,29?/m1/s1. The molecule has 258 valence electrons. The third kappa shape index (κ3) is 5.20. The van der Waals surface area contributed by atoms with E-state index >= 15 is 0 Å². The predicted octanol–water partition coefficient (Wildman–Crippen LogP) is 6.30. The maximum atomic E-state index is 13.9. The number of fused-ring (bicyclic) bond motifs is 9. The van der Waals surface area contributed by atoms with Crippen LogP contribution in [0.5, 0.6) is 11.5 Å². The number of nitrogens with one attached hydrogen (secondary N) is 2. The summed E-state index contributed by atoms with van der Waals surface area (Å²) in [4.78, 5) is 57.7. The summed E-state index contributed by atoms with van der Waals surface area (Å²) in [5, 5.41) is 2.90. The number of carbonyl (C=O) groups excluding carboxylic acids is 3. The number of para-hydroxylation sites is 1. The SMILES string of the molecule is COc1cc([C@H]2c3sc(=O)[nH]c3SC3C2[C@H]2C[C@@H]3C3C(=O)N(c4ccc(F)cc4)C(=O)C32)ccc1OCC(=O)Nc1ccccc1C(F)(F)F. The summed E-state index contributed by atoms with van der Waals surface area (Å²) in [5.41, 5.74) is -0.257. The maximum Gasteiger partial charge on any atom is 0.418 e. The maximum absolute atomic E-state index is 13.9. The van der Waals surface area contributed by atoms with Crippen molar-refractivity contribution in [3.63, 3.8) is 0 Å². The quantitative estimate of drug-likeness (QED) is 0.170. The topological polar surface area (TPSA) is 118 Å². The third-order valence-electron chi connectivity index (χ3n) is 10.2. The molecule has 0 radical (unpaired) electrons. The van der Waals surface area contributed by atoms with Crippen molar-refractivity contribution in [2.45, 2.75) is 28.8 Å². The number of aromatic nitrogens is 1. The van der Waals surface area contributed by atoms with Crippen LogP contribution >= 0.6 is 23.1 Å². The van der Waals surface area contributed by atoms with Crippen LogP contribution in [-0.2, 0) is 20.6 Å². The number of benzene rings is 3. The van der Waals surface area contributed by atoms with Crippen molar-refractivity contribution in [2.75, 3.05) is 23.9 Å². The average molecular weight is 726 g/mol. The van der Waals surface area contributed by atoms with Gasteiger partial charge in [0.25, 0.3) is 5.91 Å². The minimum atomic E-state index is -4.66. The number of aromatic amines is 1. The molecule has 50 heavy (non-hydrogen) atoms. The number of anilines is 2. The fraction of sp³-hybridized carbons (Fsp3) is 0.314. The molecular weight excluding hydrogens is 699 g/mol. The predicted molar refractivity (Wildman–Crippen MR) is 176 cm³/mol. The van der Waals surface area contributed by atoms with Crippen molar-refractivity contribution >= 4 is 52.2 Å². The van der Waals surface area contributed by atoms with Crippen molar-refractivity contribution in [3.05, 3.63) is 98.2 Å². The second-order valence-corrected chi connectivity index (χ2v) is 14.9. The van der Waals surface area contributed by atoms with E-state index in [4.69, 9.17) is 9.47 Å². The normalized spacial score (nSPS) is 26.4. The van der Waals surface area contributed by atoms with E-state index in [1.165, 1.54) is 48.4 Å². The van der Waals surface area contributed by atoms with Crippen molar-refractivity contribution in [1.29, 1.82) is 0 Å². The Hall–Kier alpha value is -4.63. The number of alkyl halides is 3. The minimum Gasteiger partial charge on any atom is -0.493 e. The highest BCUT2D eigenvalue weighted by atomic mass is 32.2. The number of hydrogen-bond acceptors (Lipinski definition) is 8. The number of amides is 3. The van der Waals surface area contributed by atoms with Crippen LogP contribution in [0.25, 0.3) is 0 Å². The van der Waals surface area contributed by atoms with Crippen LogP contribution in [0, 0.1) is 35.4 Å². The Labute approximate surface area is 290 Å². The zero-order valence-corrected chi connectivity index (χ0v) is 27.7. The van der Waals surface area contributed by atoms with Gasteiger partial charge in [-0.15, -0.1) is 11.8 Å². The molecule has 1 saturated heterocycles. The fourth-order valence-corrected chi connectivity index (χ4v) is 11.3. The molecule has 4 aliphatic rings. The van der Waals surface area contributed by atoms with Gasteiger partial charge in [0, 0.05) is 16.0 Å². The van der Waals surface area contributed by atoms with Crippen molar-refractivity contribution in [2.24, 2.45) is 29.6 Å². The lowest BCUT2D eigenvalue weighted by Crippen LogP contribution is -2.42. The Bertz CT molecular complexity index is 2100. The van der Waals surface area contributed by atoms with Crippen molar-refractivity contribution in [3.8, 4) is 11.5 Å². The smallest absolute Gasteiger partial charge is 0.418 e. The fourth-order valence-electron chi connectivity index (χ4n) is 8.40. The Morgan fingerprint density at radius 3 is 2.42 bits per heavy atom. The van der Waals surface area contributed by atoms with Crippen molar-refractivity contribution in [1.82, 2.24) is 4.98 Å². The first-order chi connectivity index (χ1) is 23.9. The van der Waals surface area contributed by atoms with E-state index in [2.05, 4.69) is 10.3 Å². The summed E-state index contributed by atoms with van der Waals surface area (Å²) < 4.78 is 65.2. The molecule has 3 heterocycles. The summed E-state index contributed by atoms with van der Waals surface area (Å²) in [6.45, 7) is -0.593. The summed E-state index contributed by atoms with van der Waals surface area (Å²) >= 11 is 2.64. The van der Waals surface area contributed by atoms with Crippen LogP contribution in [0.1, 0.15) is 28.3 Å². The highest BCUT2D eigenvalue weighted by Crippen LogP contribution is 2.68. The van der Waals surface area contributed by atoms with E-state index in [0.717, 1.165) is 38.9 Å². The van der Waals surface area contributed by atoms with Gasteiger partial charge in [-0.1, -0.05) is 29.5 Å². The number of methoxy groups -OCH3 is 1.